The highest BCUT2D eigenvalue weighted by Crippen LogP contribution is 2.20. The van der Waals surface area contributed by atoms with E-state index in [1.807, 2.05) is 0 Å². The van der Waals surface area contributed by atoms with Crippen molar-refractivity contribution in [1.82, 2.24) is 9.80 Å². The number of carboxylic acid groups (broad SMARTS) is 1. The van der Waals surface area contributed by atoms with E-state index in [1.54, 1.807) is 18.2 Å². The number of hydrogen-bond acceptors (Lipinski definition) is 5. The highest BCUT2D eigenvalue weighted by atomic mass is 16.4. The SMILES string of the molecule is O=C(O)C1CC(=O)N(CO)C(=O)N1C(=O)c1ccccc1. The van der Waals surface area contributed by atoms with Gasteiger partial charge in [-0.1, -0.05) is 18.2 Å². The molecule has 0 aromatic heterocycles. The molecule has 0 aliphatic carbocycles. The molecular weight excluding hydrogens is 280 g/mol. The van der Waals surface area contributed by atoms with Crippen LogP contribution in [0.15, 0.2) is 30.3 Å². The average molecular weight is 292 g/mol. The fourth-order valence-corrected chi connectivity index (χ4v) is 2.02. The fourth-order valence-electron chi connectivity index (χ4n) is 2.02. The molecular formula is C13H12N2O6. The first kappa shape index (κ1) is 14.7. The van der Waals surface area contributed by atoms with Crippen LogP contribution in [0.2, 0.25) is 0 Å². The van der Waals surface area contributed by atoms with Gasteiger partial charge in [-0.05, 0) is 12.1 Å². The van der Waals surface area contributed by atoms with Gasteiger partial charge in [0.1, 0.15) is 12.8 Å². The zero-order valence-corrected chi connectivity index (χ0v) is 10.8. The maximum atomic E-state index is 12.3. The maximum Gasteiger partial charge on any atom is 0.336 e. The Hall–Kier alpha value is -2.74. The molecule has 8 heteroatoms. The van der Waals surface area contributed by atoms with Crippen LogP contribution in [0.25, 0.3) is 0 Å². The van der Waals surface area contributed by atoms with E-state index in [-0.39, 0.29) is 5.56 Å². The lowest BCUT2D eigenvalue weighted by Crippen LogP contribution is -2.61. The van der Waals surface area contributed by atoms with Crippen LogP contribution < -0.4 is 0 Å². The van der Waals surface area contributed by atoms with Crippen molar-refractivity contribution in [2.45, 2.75) is 12.5 Å². The largest absolute Gasteiger partial charge is 0.480 e. The summed E-state index contributed by atoms with van der Waals surface area (Å²) >= 11 is 0. The summed E-state index contributed by atoms with van der Waals surface area (Å²) in [6, 6.07) is 4.91. The van der Waals surface area contributed by atoms with E-state index in [1.165, 1.54) is 12.1 Å². The zero-order valence-electron chi connectivity index (χ0n) is 10.8. The highest BCUT2D eigenvalue weighted by Gasteiger charge is 2.45. The molecule has 0 spiro atoms. The lowest BCUT2D eigenvalue weighted by molar-refractivity contribution is -0.149. The molecule has 8 nitrogen and oxygen atoms in total. The highest BCUT2D eigenvalue weighted by molar-refractivity contribution is 6.12. The molecule has 21 heavy (non-hydrogen) atoms. The smallest absolute Gasteiger partial charge is 0.336 e. The van der Waals surface area contributed by atoms with Crippen LogP contribution in [0.4, 0.5) is 4.79 Å². The van der Waals surface area contributed by atoms with E-state index >= 15 is 0 Å². The number of nitrogens with zero attached hydrogens (tertiary/aromatic N) is 2. The summed E-state index contributed by atoms with van der Waals surface area (Å²) in [5, 5.41) is 18.1. The molecule has 1 aliphatic rings. The van der Waals surface area contributed by atoms with Gasteiger partial charge in [-0.15, -0.1) is 0 Å². The van der Waals surface area contributed by atoms with Crippen molar-refractivity contribution in [2.24, 2.45) is 0 Å². The third kappa shape index (κ3) is 2.61. The number of rotatable bonds is 3. The van der Waals surface area contributed by atoms with Crippen molar-refractivity contribution in [3.63, 3.8) is 0 Å². The minimum Gasteiger partial charge on any atom is -0.480 e. The number of benzene rings is 1. The number of carbonyl (C=O) groups excluding carboxylic acids is 3. The molecule has 0 bridgehead atoms. The molecule has 1 aromatic rings. The van der Waals surface area contributed by atoms with Crippen molar-refractivity contribution in [3.8, 4) is 0 Å². The second kappa shape index (κ2) is 5.71. The quantitative estimate of drug-likeness (QED) is 0.802. The summed E-state index contributed by atoms with van der Waals surface area (Å²) in [5.41, 5.74) is 0.115. The predicted octanol–water partition coefficient (Wildman–Crippen LogP) is -0.116. The van der Waals surface area contributed by atoms with Crippen LogP contribution >= 0.6 is 0 Å². The Morgan fingerprint density at radius 1 is 1.19 bits per heavy atom. The van der Waals surface area contributed by atoms with Crippen LogP contribution in [-0.4, -0.2) is 56.6 Å². The number of hydrogen-bond donors (Lipinski definition) is 2. The summed E-state index contributed by atoms with van der Waals surface area (Å²) in [6.07, 6.45) is -0.569. The van der Waals surface area contributed by atoms with Crippen LogP contribution in [0, 0.1) is 0 Å². The molecule has 2 N–H and O–H groups in total. The lowest BCUT2D eigenvalue weighted by Gasteiger charge is -2.35. The van der Waals surface area contributed by atoms with Gasteiger partial charge in [0.25, 0.3) is 5.91 Å². The minimum atomic E-state index is -1.58. The summed E-state index contributed by atoms with van der Waals surface area (Å²) in [7, 11) is 0. The van der Waals surface area contributed by atoms with Gasteiger partial charge in [0, 0.05) is 5.56 Å². The molecule has 1 aliphatic heterocycles. The topological polar surface area (TPSA) is 115 Å². The van der Waals surface area contributed by atoms with Crippen LogP contribution in [-0.2, 0) is 9.59 Å². The van der Waals surface area contributed by atoms with Crippen molar-refractivity contribution in [1.29, 1.82) is 0 Å². The predicted molar refractivity (Wildman–Crippen MR) is 68.0 cm³/mol. The van der Waals surface area contributed by atoms with Gasteiger partial charge in [0.05, 0.1) is 6.42 Å². The summed E-state index contributed by atoms with van der Waals surface area (Å²) < 4.78 is 0. The van der Waals surface area contributed by atoms with Crippen molar-refractivity contribution in [3.05, 3.63) is 35.9 Å². The molecule has 4 amide bonds. The first-order valence-electron chi connectivity index (χ1n) is 6.04. The monoisotopic (exact) mass is 292 g/mol. The lowest BCUT2D eigenvalue weighted by atomic mass is 10.1. The third-order valence-electron chi connectivity index (χ3n) is 3.08. The molecule has 1 saturated heterocycles. The summed E-state index contributed by atoms with van der Waals surface area (Å²) in [6.45, 7) is -0.914. The molecule has 1 atom stereocenters. The van der Waals surface area contributed by atoms with Gasteiger partial charge in [0.15, 0.2) is 0 Å². The third-order valence-corrected chi connectivity index (χ3v) is 3.08. The Labute approximate surface area is 119 Å². The molecule has 1 heterocycles. The van der Waals surface area contributed by atoms with Crippen molar-refractivity contribution in [2.75, 3.05) is 6.73 Å². The minimum absolute atomic E-state index is 0.115. The van der Waals surface area contributed by atoms with Crippen LogP contribution in [0.5, 0.6) is 0 Å². The van der Waals surface area contributed by atoms with Gasteiger partial charge in [0.2, 0.25) is 5.91 Å². The van der Waals surface area contributed by atoms with Gasteiger partial charge in [-0.3, -0.25) is 9.59 Å². The van der Waals surface area contributed by atoms with Crippen molar-refractivity contribution >= 4 is 23.8 Å². The zero-order chi connectivity index (χ0) is 15.6. The van der Waals surface area contributed by atoms with Crippen molar-refractivity contribution < 1.29 is 29.4 Å². The number of carboxylic acids is 1. The van der Waals surface area contributed by atoms with Gasteiger partial charge >= 0.3 is 12.0 Å². The maximum absolute atomic E-state index is 12.3. The number of imide groups is 2. The van der Waals surface area contributed by atoms with Crippen LogP contribution in [0.3, 0.4) is 0 Å². The fraction of sp³-hybridized carbons (Fsp3) is 0.231. The second-order valence-corrected chi connectivity index (χ2v) is 4.35. The van der Waals surface area contributed by atoms with E-state index in [2.05, 4.69) is 0 Å². The van der Waals surface area contributed by atoms with E-state index < -0.39 is 43.0 Å². The summed E-state index contributed by atoms with van der Waals surface area (Å²) in [4.78, 5) is 48.1. The number of amides is 4. The number of aliphatic hydroxyl groups is 1. The van der Waals surface area contributed by atoms with E-state index in [0.717, 1.165) is 0 Å². The van der Waals surface area contributed by atoms with E-state index in [0.29, 0.717) is 9.80 Å². The molecule has 110 valence electrons. The normalized spacial score (nSPS) is 18.8. The standard InChI is InChI=1S/C13H12N2O6/c16-7-14-10(17)6-9(12(19)20)15(13(14)21)11(18)8-4-2-1-3-5-8/h1-5,9,16H,6-7H2,(H,19,20). The molecule has 1 unspecified atom stereocenters. The number of aliphatic carboxylic acids is 1. The Morgan fingerprint density at radius 3 is 2.33 bits per heavy atom. The first-order valence-corrected chi connectivity index (χ1v) is 6.04. The summed E-state index contributed by atoms with van der Waals surface area (Å²) in [5.74, 6) is -3.13. The Kier molecular flexibility index (Phi) is 3.99. The molecule has 0 saturated carbocycles. The van der Waals surface area contributed by atoms with Gasteiger partial charge in [-0.2, -0.15) is 0 Å². The van der Waals surface area contributed by atoms with Gasteiger partial charge in [-0.25, -0.2) is 19.4 Å². The molecule has 2 rings (SSSR count). The van der Waals surface area contributed by atoms with Gasteiger partial charge < -0.3 is 10.2 Å². The van der Waals surface area contributed by atoms with Crippen LogP contribution in [0.1, 0.15) is 16.8 Å². The molecule has 1 aromatic carbocycles. The Morgan fingerprint density at radius 2 is 1.81 bits per heavy atom. The Balaban J connectivity index is 2.41. The van der Waals surface area contributed by atoms with E-state index in [4.69, 9.17) is 10.2 Å². The van der Waals surface area contributed by atoms with E-state index in [9.17, 15) is 19.2 Å². The first-order chi connectivity index (χ1) is 9.97. The average Bonchev–Trinajstić information content (AvgIpc) is 2.47. The number of aliphatic hydroxyl groups excluding tert-OH is 1. The second-order valence-electron chi connectivity index (χ2n) is 4.35. The number of carbonyl (C=O) groups is 4. The Bertz CT molecular complexity index is 600. The molecule has 0 radical (unpaired) electrons. The molecule has 1 fully saturated rings. The number of urea groups is 1.